The summed E-state index contributed by atoms with van der Waals surface area (Å²) in [5.41, 5.74) is 5.33. The van der Waals surface area contributed by atoms with E-state index in [2.05, 4.69) is 73.1 Å². The Kier molecular flexibility index (Phi) is 32.6. The lowest BCUT2D eigenvalue weighted by Crippen LogP contribution is -2.34. The molecule has 14 heteroatoms. The van der Waals surface area contributed by atoms with Crippen LogP contribution in [-0.4, -0.2) is 76.9 Å². The van der Waals surface area contributed by atoms with Crippen molar-refractivity contribution in [3.05, 3.63) is 109 Å². The largest absolute Gasteiger partial charge is 0.480 e. The Morgan fingerprint density at radius 3 is 1.94 bits per heavy atom. The summed E-state index contributed by atoms with van der Waals surface area (Å²) in [7, 11) is -4.80. The molecule has 346 valence electrons. The van der Waals surface area contributed by atoms with Gasteiger partial charge in [-0.15, -0.1) is 0 Å². The van der Waals surface area contributed by atoms with Crippen LogP contribution in [0.3, 0.4) is 0 Å². The van der Waals surface area contributed by atoms with Crippen molar-refractivity contribution >= 4 is 31.5 Å². The standard InChI is InChI=1S/C48H72NO12P/c1-3-5-7-8-9-10-11-12-13-14-15-16-17-18-19-20-21-22-27-31-46(52)58-37-42(38-59-62(56,57)60-39-44(49)48(54)55)61-47(53)32-28-24-23-26-29-40-33-36-45(51)43(40)35-34-41(50)30-25-6-4-2/h5,7,9-10,12-13,15-16,18-19,21-23,26,33-36,40-44,50H,3-4,6,8,11,14,17,20,24-25,27-32,37-39,49H2,1-2H3,(H,54,55)(H,56,57)/b7-5-,10-9-,13-12-,16-15-,19-18-,22-21-,26-23-,35-34+/t40-,41-,42+,43+,44-/m0/s1. The number of aliphatic hydroxyl groups excluding tert-OH is 1. The highest BCUT2D eigenvalue weighted by Crippen LogP contribution is 2.43. The summed E-state index contributed by atoms with van der Waals surface area (Å²) in [6.45, 7) is 2.28. The fourth-order valence-electron chi connectivity index (χ4n) is 5.73. The average molecular weight is 886 g/mol. The summed E-state index contributed by atoms with van der Waals surface area (Å²) in [6.07, 6.45) is 45.2. The fourth-order valence-corrected chi connectivity index (χ4v) is 6.50. The third kappa shape index (κ3) is 30.7. The van der Waals surface area contributed by atoms with Gasteiger partial charge in [0.15, 0.2) is 11.9 Å². The molecule has 0 amide bonds. The lowest BCUT2D eigenvalue weighted by Gasteiger charge is -2.20. The maximum absolute atomic E-state index is 12.7. The van der Waals surface area contributed by atoms with Gasteiger partial charge in [0.2, 0.25) is 0 Å². The van der Waals surface area contributed by atoms with Crippen LogP contribution in [-0.2, 0) is 42.3 Å². The molecule has 0 spiro atoms. The van der Waals surface area contributed by atoms with Gasteiger partial charge in [-0.1, -0.05) is 136 Å². The normalized spacial score (nSPS) is 18.5. The Balaban J connectivity index is 2.52. The number of ketones is 1. The molecule has 6 atom stereocenters. The number of rotatable bonds is 36. The Morgan fingerprint density at radius 1 is 0.758 bits per heavy atom. The summed E-state index contributed by atoms with van der Waals surface area (Å²) in [4.78, 5) is 58.5. The molecule has 5 N–H and O–H groups in total. The molecule has 62 heavy (non-hydrogen) atoms. The number of aliphatic carboxylic acids is 1. The van der Waals surface area contributed by atoms with Gasteiger partial charge in [-0.3, -0.25) is 28.2 Å². The van der Waals surface area contributed by atoms with Crippen LogP contribution >= 0.6 is 7.82 Å². The second-order valence-corrected chi connectivity index (χ2v) is 16.2. The van der Waals surface area contributed by atoms with Gasteiger partial charge in [0.25, 0.3) is 0 Å². The van der Waals surface area contributed by atoms with Gasteiger partial charge in [-0.05, 0) is 82.6 Å². The van der Waals surface area contributed by atoms with Crippen LogP contribution in [0.15, 0.2) is 109 Å². The van der Waals surface area contributed by atoms with Crippen LogP contribution in [0, 0.1) is 11.8 Å². The first-order valence-corrected chi connectivity index (χ1v) is 23.5. The molecule has 0 fully saturated rings. The first-order chi connectivity index (χ1) is 29.9. The molecule has 0 saturated heterocycles. The fraction of sp³-hybridized carbons (Fsp3) is 0.542. The van der Waals surface area contributed by atoms with Crippen molar-refractivity contribution in [2.45, 2.75) is 135 Å². The summed E-state index contributed by atoms with van der Waals surface area (Å²) in [5, 5.41) is 19.1. The lowest BCUT2D eigenvalue weighted by atomic mass is 9.90. The molecule has 0 aromatic carbocycles. The quantitative estimate of drug-likeness (QED) is 0.0200. The predicted molar refractivity (Wildman–Crippen MR) is 244 cm³/mol. The first kappa shape index (κ1) is 55.8. The number of aliphatic hydroxyl groups is 1. The van der Waals surface area contributed by atoms with Gasteiger partial charge in [0.1, 0.15) is 12.6 Å². The number of hydrogen-bond acceptors (Lipinski definition) is 11. The van der Waals surface area contributed by atoms with E-state index in [-0.39, 0.29) is 30.5 Å². The molecular weight excluding hydrogens is 813 g/mol. The predicted octanol–water partition coefficient (Wildman–Crippen LogP) is 9.45. The molecule has 13 nitrogen and oxygen atoms in total. The second-order valence-electron chi connectivity index (χ2n) is 14.8. The summed E-state index contributed by atoms with van der Waals surface area (Å²) in [6, 6.07) is -1.57. The molecular formula is C48H72NO12P. The minimum Gasteiger partial charge on any atom is -0.480 e. The van der Waals surface area contributed by atoms with Gasteiger partial charge < -0.3 is 30.3 Å². The average Bonchev–Trinajstić information content (AvgIpc) is 3.60. The van der Waals surface area contributed by atoms with Gasteiger partial charge in [0.05, 0.1) is 19.3 Å². The molecule has 0 aromatic rings. The highest BCUT2D eigenvalue weighted by Gasteiger charge is 2.29. The molecule has 0 aromatic heterocycles. The van der Waals surface area contributed by atoms with E-state index < -0.39 is 63.8 Å². The van der Waals surface area contributed by atoms with Gasteiger partial charge in [-0.2, -0.15) is 0 Å². The number of ether oxygens (including phenoxy) is 2. The van der Waals surface area contributed by atoms with Crippen LogP contribution in [0.5, 0.6) is 0 Å². The number of phosphoric ester groups is 1. The van der Waals surface area contributed by atoms with E-state index in [1.54, 1.807) is 18.2 Å². The number of carboxylic acids is 1. The minimum absolute atomic E-state index is 0.00481. The summed E-state index contributed by atoms with van der Waals surface area (Å²) < 4.78 is 32.6. The van der Waals surface area contributed by atoms with E-state index in [1.807, 2.05) is 36.5 Å². The zero-order valence-electron chi connectivity index (χ0n) is 36.8. The molecule has 1 unspecified atom stereocenters. The third-order valence-corrected chi connectivity index (χ3v) is 10.2. The van der Waals surface area contributed by atoms with Gasteiger partial charge >= 0.3 is 25.7 Å². The van der Waals surface area contributed by atoms with Crippen LogP contribution in [0.4, 0.5) is 0 Å². The Bertz CT molecular complexity index is 1610. The molecule has 0 heterocycles. The molecule has 0 bridgehead atoms. The maximum Gasteiger partial charge on any atom is 0.472 e. The van der Waals surface area contributed by atoms with Gasteiger partial charge in [-0.25, -0.2) is 4.57 Å². The van der Waals surface area contributed by atoms with Crippen molar-refractivity contribution < 1.29 is 57.4 Å². The SMILES string of the molecule is CC/C=C\C/C=C\C/C=C\C/C=C\C/C=C\C/C=C\CCC(=O)OC[C@H](COP(=O)(O)OC[C@H](N)C(=O)O)OC(=O)CCC/C=C\C[C@H]1C=CC(=O)[C@@H]1/C=C/[C@@H](O)CCCCC. The van der Waals surface area contributed by atoms with Crippen molar-refractivity contribution in [3.63, 3.8) is 0 Å². The zero-order chi connectivity index (χ0) is 45.7. The number of nitrogens with two attached hydrogens (primary N) is 1. The van der Waals surface area contributed by atoms with Crippen molar-refractivity contribution in [3.8, 4) is 0 Å². The van der Waals surface area contributed by atoms with Crippen LogP contribution in [0.2, 0.25) is 0 Å². The first-order valence-electron chi connectivity index (χ1n) is 22.0. The molecule has 1 aliphatic carbocycles. The Labute approximate surface area is 369 Å². The molecule has 0 aliphatic heterocycles. The van der Waals surface area contributed by atoms with E-state index in [1.165, 1.54) is 0 Å². The number of hydrogen-bond donors (Lipinski definition) is 4. The molecule has 0 saturated carbocycles. The number of esters is 2. The van der Waals surface area contributed by atoms with Crippen molar-refractivity contribution in [1.29, 1.82) is 0 Å². The third-order valence-electron chi connectivity index (χ3n) is 9.27. The Hall–Kier alpha value is -4.23. The number of carbonyl (C=O) groups is 4. The van der Waals surface area contributed by atoms with Crippen LogP contribution in [0.1, 0.15) is 117 Å². The highest BCUT2D eigenvalue weighted by molar-refractivity contribution is 7.47. The number of carboxylic acid groups (broad SMARTS) is 1. The maximum atomic E-state index is 12.7. The van der Waals surface area contributed by atoms with E-state index >= 15 is 0 Å². The zero-order valence-corrected chi connectivity index (χ0v) is 37.6. The van der Waals surface area contributed by atoms with Crippen molar-refractivity contribution in [1.82, 2.24) is 0 Å². The van der Waals surface area contributed by atoms with Crippen LogP contribution < -0.4 is 5.73 Å². The van der Waals surface area contributed by atoms with Crippen molar-refractivity contribution in [2.24, 2.45) is 17.6 Å². The van der Waals surface area contributed by atoms with Crippen molar-refractivity contribution in [2.75, 3.05) is 19.8 Å². The second kappa shape index (κ2) is 36.3. The number of phosphoric acid groups is 1. The minimum atomic E-state index is -4.80. The summed E-state index contributed by atoms with van der Waals surface area (Å²) in [5.74, 6) is -3.03. The number of carbonyl (C=O) groups excluding carboxylic acids is 3. The summed E-state index contributed by atoms with van der Waals surface area (Å²) >= 11 is 0. The van der Waals surface area contributed by atoms with Crippen LogP contribution in [0.25, 0.3) is 0 Å². The lowest BCUT2D eigenvalue weighted by molar-refractivity contribution is -0.161. The van der Waals surface area contributed by atoms with E-state index in [0.717, 1.165) is 51.4 Å². The molecule has 1 aliphatic rings. The Morgan fingerprint density at radius 2 is 1.34 bits per heavy atom. The van der Waals surface area contributed by atoms with E-state index in [4.69, 9.17) is 24.8 Å². The smallest absolute Gasteiger partial charge is 0.472 e. The highest BCUT2D eigenvalue weighted by atomic mass is 31.2. The van der Waals surface area contributed by atoms with E-state index in [0.29, 0.717) is 38.5 Å². The van der Waals surface area contributed by atoms with E-state index in [9.17, 15) is 33.7 Å². The van der Waals surface area contributed by atoms with Gasteiger partial charge in [0, 0.05) is 18.8 Å². The molecule has 1 rings (SSSR count). The topological polar surface area (TPSA) is 209 Å². The molecule has 0 radical (unpaired) electrons. The number of allylic oxidation sites excluding steroid dienone is 17. The monoisotopic (exact) mass is 885 g/mol. The number of unbranched alkanes of at least 4 members (excludes halogenated alkanes) is 3.